The summed E-state index contributed by atoms with van der Waals surface area (Å²) in [7, 11) is 1.88. The summed E-state index contributed by atoms with van der Waals surface area (Å²) in [4.78, 5) is 12.8. The zero-order valence-corrected chi connectivity index (χ0v) is 16.0. The van der Waals surface area contributed by atoms with Gasteiger partial charge in [-0.3, -0.25) is 4.79 Å². The molecule has 2 aromatic rings. The van der Waals surface area contributed by atoms with Gasteiger partial charge >= 0.3 is 0 Å². The molecule has 0 saturated heterocycles. The quantitative estimate of drug-likeness (QED) is 0.871. The number of hydrogen-bond donors (Lipinski definition) is 2. The third kappa shape index (κ3) is 3.02. The van der Waals surface area contributed by atoms with Gasteiger partial charge in [0.25, 0.3) is 5.91 Å². The van der Waals surface area contributed by atoms with E-state index in [1.165, 1.54) is 0 Å². The largest absolute Gasteiger partial charge is 0.507 e. The first-order valence-corrected chi connectivity index (χ1v) is 8.86. The molecule has 7 heteroatoms. The maximum atomic E-state index is 12.8. The molecule has 1 aromatic carbocycles. The van der Waals surface area contributed by atoms with Crippen LogP contribution in [-0.2, 0) is 24.7 Å². The summed E-state index contributed by atoms with van der Waals surface area (Å²) >= 11 is 0. The van der Waals surface area contributed by atoms with Crippen molar-refractivity contribution in [3.05, 3.63) is 34.4 Å². The van der Waals surface area contributed by atoms with Crippen LogP contribution in [0.1, 0.15) is 41.4 Å². The predicted molar refractivity (Wildman–Crippen MR) is 97.4 cm³/mol. The molecule has 0 spiro atoms. The third-order valence-corrected chi connectivity index (χ3v) is 5.44. The Balaban J connectivity index is 1.73. The van der Waals surface area contributed by atoms with Crippen molar-refractivity contribution in [1.29, 1.82) is 0 Å². The van der Waals surface area contributed by atoms with Crippen molar-refractivity contribution < 1.29 is 14.6 Å². The van der Waals surface area contributed by atoms with Gasteiger partial charge in [0.15, 0.2) is 5.60 Å². The standard InChI is InChI=1S/C19H26N4O3/c1-11-12(2)17-14(13(3)16(11)24)6-8-19(4,26-17)18(25)20-9-7-15-22-21-10-23(15)5/h10,24H,6-9H2,1-5H3,(H,20,25)/t19-/m0/s1. The van der Waals surface area contributed by atoms with Crippen molar-refractivity contribution in [2.24, 2.45) is 7.05 Å². The number of phenolic OH excluding ortho intramolecular Hbond substituents is 1. The van der Waals surface area contributed by atoms with Gasteiger partial charge in [-0.05, 0) is 50.8 Å². The molecule has 1 amide bonds. The van der Waals surface area contributed by atoms with Gasteiger partial charge < -0.3 is 19.7 Å². The lowest BCUT2D eigenvalue weighted by Crippen LogP contribution is -2.51. The molecule has 1 aromatic heterocycles. The Kier molecular flexibility index (Phi) is 4.64. The molecular weight excluding hydrogens is 332 g/mol. The molecule has 2 heterocycles. The van der Waals surface area contributed by atoms with E-state index in [4.69, 9.17) is 4.74 Å². The number of fused-ring (bicyclic) bond motifs is 1. The van der Waals surface area contributed by atoms with E-state index in [0.717, 1.165) is 33.8 Å². The second-order valence-electron chi connectivity index (χ2n) is 7.23. The van der Waals surface area contributed by atoms with E-state index in [0.29, 0.717) is 31.6 Å². The number of aromatic nitrogens is 3. The highest BCUT2D eigenvalue weighted by atomic mass is 16.5. The van der Waals surface area contributed by atoms with Gasteiger partial charge in [-0.1, -0.05) is 0 Å². The molecule has 2 N–H and O–H groups in total. The Hall–Kier alpha value is -2.57. The molecule has 0 bridgehead atoms. The van der Waals surface area contributed by atoms with Crippen LogP contribution in [0.5, 0.6) is 11.5 Å². The van der Waals surface area contributed by atoms with E-state index in [1.54, 1.807) is 6.33 Å². The summed E-state index contributed by atoms with van der Waals surface area (Å²) in [6.07, 6.45) is 3.52. The number of rotatable bonds is 4. The summed E-state index contributed by atoms with van der Waals surface area (Å²) in [5.74, 6) is 1.74. The monoisotopic (exact) mass is 358 g/mol. The van der Waals surface area contributed by atoms with Crippen molar-refractivity contribution >= 4 is 5.91 Å². The highest BCUT2D eigenvalue weighted by Crippen LogP contribution is 2.43. The smallest absolute Gasteiger partial charge is 0.263 e. The van der Waals surface area contributed by atoms with E-state index in [2.05, 4.69) is 15.5 Å². The normalized spacial score (nSPS) is 19.0. The zero-order chi connectivity index (χ0) is 19.1. The Labute approximate surface area is 153 Å². The molecule has 1 aliphatic rings. The maximum absolute atomic E-state index is 12.8. The number of carbonyl (C=O) groups is 1. The van der Waals surface area contributed by atoms with Gasteiger partial charge in [-0.15, -0.1) is 10.2 Å². The lowest BCUT2D eigenvalue weighted by Gasteiger charge is -2.36. The number of aromatic hydroxyl groups is 1. The number of phenols is 1. The number of carbonyl (C=O) groups excluding carboxylic acids is 1. The van der Waals surface area contributed by atoms with Crippen LogP contribution in [0.2, 0.25) is 0 Å². The molecule has 0 fully saturated rings. The third-order valence-electron chi connectivity index (χ3n) is 5.44. The number of ether oxygens (including phenoxy) is 1. The van der Waals surface area contributed by atoms with Gasteiger partial charge in [0.05, 0.1) is 0 Å². The van der Waals surface area contributed by atoms with Crippen LogP contribution >= 0.6 is 0 Å². The van der Waals surface area contributed by atoms with E-state index >= 15 is 0 Å². The number of hydrogen-bond acceptors (Lipinski definition) is 5. The topological polar surface area (TPSA) is 89.3 Å². The first-order chi connectivity index (χ1) is 12.2. The van der Waals surface area contributed by atoms with Crippen molar-refractivity contribution in [1.82, 2.24) is 20.1 Å². The fraction of sp³-hybridized carbons (Fsp3) is 0.526. The fourth-order valence-electron chi connectivity index (χ4n) is 3.42. The van der Waals surface area contributed by atoms with E-state index in [-0.39, 0.29) is 5.91 Å². The Morgan fingerprint density at radius 2 is 2.08 bits per heavy atom. The minimum atomic E-state index is -0.923. The minimum Gasteiger partial charge on any atom is -0.507 e. The molecule has 140 valence electrons. The van der Waals surface area contributed by atoms with E-state index in [1.807, 2.05) is 39.3 Å². The van der Waals surface area contributed by atoms with Crippen LogP contribution < -0.4 is 10.1 Å². The number of nitrogens with zero attached hydrogens (tertiary/aromatic N) is 3. The zero-order valence-electron chi connectivity index (χ0n) is 16.0. The molecule has 1 atom stereocenters. The van der Waals surface area contributed by atoms with Crippen molar-refractivity contribution in [3.63, 3.8) is 0 Å². The summed E-state index contributed by atoms with van der Waals surface area (Å²) in [5.41, 5.74) is 2.60. The molecule has 0 aliphatic carbocycles. The first kappa shape index (κ1) is 18.2. The van der Waals surface area contributed by atoms with Crippen LogP contribution in [0.25, 0.3) is 0 Å². The molecule has 0 radical (unpaired) electrons. The van der Waals surface area contributed by atoms with Crippen molar-refractivity contribution in [3.8, 4) is 11.5 Å². The fourth-order valence-corrected chi connectivity index (χ4v) is 3.42. The maximum Gasteiger partial charge on any atom is 0.263 e. The van der Waals surface area contributed by atoms with Crippen LogP contribution in [0.4, 0.5) is 0 Å². The second kappa shape index (κ2) is 6.63. The Bertz CT molecular complexity index is 859. The highest BCUT2D eigenvalue weighted by molar-refractivity contribution is 5.85. The molecule has 7 nitrogen and oxygen atoms in total. The van der Waals surface area contributed by atoms with Crippen LogP contribution in [-0.4, -0.2) is 37.9 Å². The molecular formula is C19H26N4O3. The summed E-state index contributed by atoms with van der Waals surface area (Å²) in [6, 6.07) is 0. The SMILES string of the molecule is Cc1c(C)c2c(c(C)c1O)CC[C@@](C)(C(=O)NCCc1nncn1C)O2. The Morgan fingerprint density at radius 1 is 1.35 bits per heavy atom. The number of amides is 1. The summed E-state index contributed by atoms with van der Waals surface area (Å²) in [6.45, 7) is 7.99. The average Bonchev–Trinajstić information content (AvgIpc) is 3.03. The highest BCUT2D eigenvalue weighted by Gasteiger charge is 2.40. The van der Waals surface area contributed by atoms with Crippen molar-refractivity contribution in [2.45, 2.75) is 52.6 Å². The lowest BCUT2D eigenvalue weighted by atomic mass is 9.86. The minimum absolute atomic E-state index is 0.131. The van der Waals surface area contributed by atoms with Crippen molar-refractivity contribution in [2.75, 3.05) is 6.54 Å². The number of nitrogens with one attached hydrogen (secondary N) is 1. The summed E-state index contributed by atoms with van der Waals surface area (Å²) in [5, 5.41) is 21.1. The first-order valence-electron chi connectivity index (χ1n) is 8.86. The lowest BCUT2D eigenvalue weighted by molar-refractivity contribution is -0.136. The average molecular weight is 358 g/mol. The van der Waals surface area contributed by atoms with Gasteiger partial charge in [-0.2, -0.15) is 0 Å². The molecule has 0 saturated carbocycles. The van der Waals surface area contributed by atoms with Crippen LogP contribution in [0, 0.1) is 20.8 Å². The number of aryl methyl sites for hydroxylation is 1. The van der Waals surface area contributed by atoms with Gasteiger partial charge in [-0.25, -0.2) is 0 Å². The van der Waals surface area contributed by atoms with Crippen LogP contribution in [0.3, 0.4) is 0 Å². The van der Waals surface area contributed by atoms with Crippen LogP contribution in [0.15, 0.2) is 6.33 Å². The van der Waals surface area contributed by atoms with E-state index in [9.17, 15) is 9.90 Å². The summed E-state index contributed by atoms with van der Waals surface area (Å²) < 4.78 is 8.02. The number of benzene rings is 1. The molecule has 0 unspecified atom stereocenters. The van der Waals surface area contributed by atoms with Gasteiger partial charge in [0, 0.05) is 32.0 Å². The second-order valence-corrected chi connectivity index (χ2v) is 7.23. The molecule has 26 heavy (non-hydrogen) atoms. The van der Waals surface area contributed by atoms with Gasteiger partial charge in [0.1, 0.15) is 23.7 Å². The molecule has 1 aliphatic heterocycles. The Morgan fingerprint density at radius 3 is 2.73 bits per heavy atom. The predicted octanol–water partition coefficient (Wildman–Crippen LogP) is 1.89. The van der Waals surface area contributed by atoms with Gasteiger partial charge in [0.2, 0.25) is 0 Å². The molecule has 3 rings (SSSR count). The van der Waals surface area contributed by atoms with E-state index < -0.39 is 5.60 Å².